The third-order valence-electron chi connectivity index (χ3n) is 5.98. The fourth-order valence-corrected chi connectivity index (χ4v) is 6.03. The predicted octanol–water partition coefficient (Wildman–Crippen LogP) is 4.91. The molecule has 0 unspecified atom stereocenters. The van der Waals surface area contributed by atoms with Crippen molar-refractivity contribution in [3.63, 3.8) is 0 Å². The summed E-state index contributed by atoms with van der Waals surface area (Å²) in [5, 5.41) is 13.1. The molecule has 0 bridgehead atoms. The lowest BCUT2D eigenvalue weighted by Crippen LogP contribution is -2.24. The van der Waals surface area contributed by atoms with Gasteiger partial charge in [-0.2, -0.15) is 0 Å². The quantitative estimate of drug-likeness (QED) is 0.405. The Bertz CT molecular complexity index is 1430. The van der Waals surface area contributed by atoms with Crippen molar-refractivity contribution in [1.29, 1.82) is 0 Å². The Morgan fingerprint density at radius 2 is 1.74 bits per heavy atom. The molecule has 0 atom stereocenters. The number of benzene rings is 2. The maximum atomic E-state index is 13.8. The van der Waals surface area contributed by atoms with E-state index in [1.807, 2.05) is 0 Å². The number of hydrogen-bond acceptors (Lipinski definition) is 7. The molecule has 4 aromatic rings. The molecular weight excluding hydrogens is 455 g/mol. The van der Waals surface area contributed by atoms with Gasteiger partial charge in [-0.25, -0.2) is 22.8 Å². The SMILES string of the molecule is O=S(=O)(c1ccc(Nc2ncc(/C=C/c3cc(F)cc4[nH]nnc34)cn2)cc1)C1CCCCC1. The Morgan fingerprint density at radius 3 is 2.47 bits per heavy atom. The molecule has 1 saturated carbocycles. The summed E-state index contributed by atoms with van der Waals surface area (Å²) >= 11 is 0. The first kappa shape index (κ1) is 22.1. The van der Waals surface area contributed by atoms with Crippen molar-refractivity contribution in [1.82, 2.24) is 25.4 Å². The topological polar surface area (TPSA) is 114 Å². The largest absolute Gasteiger partial charge is 0.324 e. The third-order valence-corrected chi connectivity index (χ3v) is 8.26. The molecule has 0 saturated heterocycles. The van der Waals surface area contributed by atoms with Crippen molar-refractivity contribution >= 4 is 44.7 Å². The van der Waals surface area contributed by atoms with Crippen LogP contribution in [0.5, 0.6) is 0 Å². The van der Waals surface area contributed by atoms with Crippen molar-refractivity contribution in [2.45, 2.75) is 42.2 Å². The molecule has 0 radical (unpaired) electrons. The van der Waals surface area contributed by atoms with E-state index in [0.29, 0.717) is 33.1 Å². The Morgan fingerprint density at radius 1 is 1.00 bits per heavy atom. The molecule has 2 heterocycles. The number of halogens is 1. The van der Waals surface area contributed by atoms with Gasteiger partial charge in [0.2, 0.25) is 5.95 Å². The van der Waals surface area contributed by atoms with Crippen molar-refractivity contribution < 1.29 is 12.8 Å². The number of aromatic nitrogens is 5. The molecule has 34 heavy (non-hydrogen) atoms. The van der Waals surface area contributed by atoms with Crippen LogP contribution in [0.4, 0.5) is 16.0 Å². The smallest absolute Gasteiger partial charge is 0.227 e. The highest BCUT2D eigenvalue weighted by Gasteiger charge is 2.28. The van der Waals surface area contributed by atoms with Crippen LogP contribution in [0, 0.1) is 5.82 Å². The number of rotatable bonds is 6. The van der Waals surface area contributed by atoms with Crippen molar-refractivity contribution in [2.75, 3.05) is 5.32 Å². The number of H-pyrrole nitrogens is 1. The number of anilines is 2. The second-order valence-electron chi connectivity index (χ2n) is 8.33. The summed E-state index contributed by atoms with van der Waals surface area (Å²) < 4.78 is 39.5. The minimum atomic E-state index is -3.30. The molecule has 1 aliphatic rings. The zero-order valence-corrected chi connectivity index (χ0v) is 19.1. The number of sulfone groups is 1. The Labute approximate surface area is 196 Å². The number of fused-ring (bicyclic) bond motifs is 1. The van der Waals surface area contributed by atoms with Gasteiger partial charge >= 0.3 is 0 Å². The normalized spacial score (nSPS) is 15.2. The monoisotopic (exact) mass is 478 g/mol. The van der Waals surface area contributed by atoms with E-state index in [0.717, 1.165) is 37.7 Å². The summed E-state index contributed by atoms with van der Waals surface area (Å²) in [5.74, 6) is -0.00348. The lowest BCUT2D eigenvalue weighted by atomic mass is 10.0. The summed E-state index contributed by atoms with van der Waals surface area (Å²) in [4.78, 5) is 8.95. The van der Waals surface area contributed by atoms with Gasteiger partial charge in [-0.05, 0) is 43.2 Å². The van der Waals surface area contributed by atoms with Gasteiger partial charge in [-0.15, -0.1) is 5.10 Å². The van der Waals surface area contributed by atoms with Crippen LogP contribution in [0.3, 0.4) is 0 Å². The summed E-state index contributed by atoms with van der Waals surface area (Å²) in [6.07, 6.45) is 11.3. The average molecular weight is 479 g/mol. The van der Waals surface area contributed by atoms with Crippen LogP contribution in [0.1, 0.15) is 43.2 Å². The number of nitrogens with zero attached hydrogens (tertiary/aromatic N) is 4. The van der Waals surface area contributed by atoms with Crippen molar-refractivity contribution in [3.8, 4) is 0 Å². The summed E-state index contributed by atoms with van der Waals surface area (Å²) in [6, 6.07) is 9.44. The molecule has 5 rings (SSSR count). The van der Waals surface area contributed by atoms with E-state index in [9.17, 15) is 12.8 Å². The van der Waals surface area contributed by atoms with Gasteiger partial charge in [0.25, 0.3) is 0 Å². The van der Waals surface area contributed by atoms with Crippen molar-refractivity contribution in [2.24, 2.45) is 0 Å². The van der Waals surface area contributed by atoms with Crippen LogP contribution >= 0.6 is 0 Å². The molecule has 2 aromatic heterocycles. The molecule has 0 amide bonds. The van der Waals surface area contributed by atoms with Crippen LogP contribution < -0.4 is 5.32 Å². The van der Waals surface area contributed by atoms with E-state index in [1.165, 1.54) is 12.1 Å². The van der Waals surface area contributed by atoms with Gasteiger partial charge in [0.1, 0.15) is 11.3 Å². The molecule has 8 nitrogen and oxygen atoms in total. The van der Waals surface area contributed by atoms with Crippen LogP contribution in [0.15, 0.2) is 53.7 Å². The molecule has 0 aliphatic heterocycles. The first-order chi connectivity index (χ1) is 16.5. The van der Waals surface area contributed by atoms with E-state index in [-0.39, 0.29) is 11.1 Å². The van der Waals surface area contributed by atoms with Gasteiger partial charge in [-0.1, -0.05) is 36.6 Å². The fraction of sp³-hybridized carbons (Fsp3) is 0.250. The third kappa shape index (κ3) is 4.67. The Kier molecular flexibility index (Phi) is 6.06. The van der Waals surface area contributed by atoms with Gasteiger partial charge in [-0.3, -0.25) is 5.10 Å². The van der Waals surface area contributed by atoms with Gasteiger partial charge in [0.15, 0.2) is 9.84 Å². The second kappa shape index (κ2) is 9.30. The first-order valence-electron chi connectivity index (χ1n) is 11.1. The molecule has 1 aliphatic carbocycles. The first-order valence-corrected chi connectivity index (χ1v) is 12.6. The lowest BCUT2D eigenvalue weighted by Gasteiger charge is -2.21. The van der Waals surface area contributed by atoms with Crippen molar-refractivity contribution in [3.05, 3.63) is 65.7 Å². The highest BCUT2D eigenvalue weighted by Crippen LogP contribution is 2.29. The molecule has 0 spiro atoms. The lowest BCUT2D eigenvalue weighted by molar-refractivity contribution is 0.483. The fourth-order valence-electron chi connectivity index (χ4n) is 4.17. The van der Waals surface area contributed by atoms with Crippen LogP contribution in [-0.2, 0) is 9.84 Å². The Balaban J connectivity index is 1.26. The molecule has 10 heteroatoms. The minimum Gasteiger partial charge on any atom is -0.324 e. The van der Waals surface area contributed by atoms with E-state index in [1.54, 1.807) is 48.8 Å². The maximum absolute atomic E-state index is 13.8. The number of aromatic amines is 1. The highest BCUT2D eigenvalue weighted by molar-refractivity contribution is 7.92. The molecule has 174 valence electrons. The zero-order chi connectivity index (χ0) is 23.5. The summed E-state index contributed by atoms with van der Waals surface area (Å²) in [6.45, 7) is 0. The summed E-state index contributed by atoms with van der Waals surface area (Å²) in [5.41, 5.74) is 3.10. The minimum absolute atomic E-state index is 0.281. The number of nitrogens with one attached hydrogen (secondary N) is 2. The standard InChI is InChI=1S/C24H23FN6O2S/c25-18-12-17(23-22(13-18)29-31-30-23)7-6-16-14-26-24(27-15-16)28-19-8-10-21(11-9-19)34(32,33)20-4-2-1-3-5-20/h6-15,20H,1-5H2,(H,26,27,28)(H,29,30,31)/b7-6+. The van der Waals surface area contributed by atoms with Gasteiger partial charge < -0.3 is 5.32 Å². The van der Waals surface area contributed by atoms with Crippen LogP contribution in [0.2, 0.25) is 0 Å². The van der Waals surface area contributed by atoms with E-state index in [2.05, 4.69) is 30.7 Å². The molecule has 2 N–H and O–H groups in total. The van der Waals surface area contributed by atoms with Gasteiger partial charge in [0, 0.05) is 35.3 Å². The van der Waals surface area contributed by atoms with E-state index >= 15 is 0 Å². The number of hydrogen-bond donors (Lipinski definition) is 2. The maximum Gasteiger partial charge on any atom is 0.227 e. The molecule has 1 fully saturated rings. The highest BCUT2D eigenvalue weighted by atomic mass is 32.2. The summed E-state index contributed by atoms with van der Waals surface area (Å²) in [7, 11) is -3.30. The average Bonchev–Trinajstić information content (AvgIpc) is 3.33. The predicted molar refractivity (Wildman–Crippen MR) is 129 cm³/mol. The molecule has 2 aromatic carbocycles. The van der Waals surface area contributed by atoms with Gasteiger partial charge in [0.05, 0.1) is 15.7 Å². The van der Waals surface area contributed by atoms with Crippen LogP contribution in [-0.4, -0.2) is 39.0 Å². The van der Waals surface area contributed by atoms with Crippen LogP contribution in [0.25, 0.3) is 23.2 Å². The second-order valence-corrected chi connectivity index (χ2v) is 10.6. The molecular formula is C24H23FN6O2S. The Hall–Kier alpha value is -3.66. The zero-order valence-electron chi connectivity index (χ0n) is 18.3. The van der Waals surface area contributed by atoms with E-state index in [4.69, 9.17) is 0 Å². The van der Waals surface area contributed by atoms with E-state index < -0.39 is 9.84 Å².